The normalized spacial score (nSPS) is 11.1. The first-order chi connectivity index (χ1) is 8.74. The van der Waals surface area contributed by atoms with Crippen molar-refractivity contribution in [1.29, 1.82) is 0 Å². The Labute approximate surface area is 130 Å². The molecule has 1 aromatic rings. The molecule has 18 heavy (non-hydrogen) atoms. The molecule has 0 aliphatic carbocycles. The molecule has 0 atom stereocenters. The lowest BCUT2D eigenvalue weighted by Gasteiger charge is -2.04. The number of unbranched alkanes of at least 4 members (excludes halogenated alkanes) is 1. The summed E-state index contributed by atoms with van der Waals surface area (Å²) < 4.78 is 12.6. The zero-order valence-electron chi connectivity index (χ0n) is 10.5. The summed E-state index contributed by atoms with van der Waals surface area (Å²) in [5, 5.41) is 3.43. The van der Waals surface area contributed by atoms with E-state index in [1.54, 1.807) is 18.4 Å². The fourth-order valence-electron chi connectivity index (χ4n) is 1.39. The minimum absolute atomic E-state index is 0.681. The second-order valence-electron chi connectivity index (χ2n) is 3.82. The van der Waals surface area contributed by atoms with E-state index < -0.39 is 0 Å². The van der Waals surface area contributed by atoms with Crippen LogP contribution < -0.4 is 5.32 Å². The molecule has 104 valence electrons. The summed E-state index contributed by atoms with van der Waals surface area (Å²) in [6, 6.07) is 2.15. The van der Waals surface area contributed by atoms with Gasteiger partial charge in [-0.2, -0.15) is 0 Å². The standard InChI is InChI=1S/C12H19Br2NO2S/c1-16-6-7-17-5-3-2-4-15-9-10-8-11(13)12(14)18-10/h8,15H,2-7,9H2,1H3. The third-order valence-electron chi connectivity index (χ3n) is 2.32. The van der Waals surface area contributed by atoms with E-state index in [-0.39, 0.29) is 0 Å². The lowest BCUT2D eigenvalue weighted by molar-refractivity contribution is 0.0688. The highest BCUT2D eigenvalue weighted by Crippen LogP contribution is 2.32. The van der Waals surface area contributed by atoms with Gasteiger partial charge in [-0.05, 0) is 57.3 Å². The molecule has 1 N–H and O–H groups in total. The molecule has 0 radical (unpaired) electrons. The lowest BCUT2D eigenvalue weighted by Crippen LogP contribution is -2.14. The highest BCUT2D eigenvalue weighted by atomic mass is 79.9. The fourth-order valence-corrected chi connectivity index (χ4v) is 3.54. The smallest absolute Gasteiger partial charge is 0.0843 e. The Morgan fingerprint density at radius 3 is 2.72 bits per heavy atom. The van der Waals surface area contributed by atoms with Gasteiger partial charge in [-0.3, -0.25) is 0 Å². The van der Waals surface area contributed by atoms with E-state index >= 15 is 0 Å². The predicted octanol–water partition coefficient (Wildman–Crippen LogP) is 3.81. The van der Waals surface area contributed by atoms with E-state index in [1.165, 1.54) is 4.88 Å². The summed E-state index contributed by atoms with van der Waals surface area (Å²) in [7, 11) is 1.69. The van der Waals surface area contributed by atoms with Gasteiger partial charge in [0.25, 0.3) is 0 Å². The molecular formula is C12H19Br2NO2S. The fraction of sp³-hybridized carbons (Fsp3) is 0.667. The number of ether oxygens (including phenoxy) is 2. The van der Waals surface area contributed by atoms with Crippen LogP contribution in [0.2, 0.25) is 0 Å². The van der Waals surface area contributed by atoms with Gasteiger partial charge in [0.2, 0.25) is 0 Å². The van der Waals surface area contributed by atoms with Gasteiger partial charge in [0, 0.05) is 29.6 Å². The Bertz CT molecular complexity index is 314. The van der Waals surface area contributed by atoms with E-state index in [2.05, 4.69) is 43.2 Å². The monoisotopic (exact) mass is 399 g/mol. The number of methoxy groups -OCH3 is 1. The number of rotatable bonds is 10. The van der Waals surface area contributed by atoms with Gasteiger partial charge < -0.3 is 14.8 Å². The quantitative estimate of drug-likeness (QED) is 0.605. The molecule has 6 heteroatoms. The molecule has 0 aliphatic rings. The Morgan fingerprint density at radius 2 is 2.06 bits per heavy atom. The van der Waals surface area contributed by atoms with Crippen LogP contribution in [0.1, 0.15) is 17.7 Å². The topological polar surface area (TPSA) is 30.5 Å². The molecule has 0 spiro atoms. The van der Waals surface area contributed by atoms with Crippen molar-refractivity contribution in [2.24, 2.45) is 0 Å². The van der Waals surface area contributed by atoms with Crippen LogP contribution in [0.4, 0.5) is 0 Å². The van der Waals surface area contributed by atoms with Crippen LogP contribution in [0.5, 0.6) is 0 Å². The van der Waals surface area contributed by atoms with E-state index in [1.807, 2.05) is 0 Å². The number of nitrogens with one attached hydrogen (secondary N) is 1. The third kappa shape index (κ3) is 7.21. The molecule has 0 saturated carbocycles. The van der Waals surface area contributed by atoms with Crippen molar-refractivity contribution in [2.45, 2.75) is 19.4 Å². The molecule has 0 unspecified atom stereocenters. The zero-order valence-corrected chi connectivity index (χ0v) is 14.5. The summed E-state index contributed by atoms with van der Waals surface area (Å²) in [5.41, 5.74) is 0. The molecular weight excluding hydrogens is 382 g/mol. The van der Waals surface area contributed by atoms with Crippen LogP contribution in [-0.4, -0.2) is 33.5 Å². The minimum Gasteiger partial charge on any atom is -0.382 e. The van der Waals surface area contributed by atoms with Crippen molar-refractivity contribution in [3.8, 4) is 0 Å². The van der Waals surface area contributed by atoms with Gasteiger partial charge in [0.05, 0.1) is 17.0 Å². The predicted molar refractivity (Wildman–Crippen MR) is 83.4 cm³/mol. The third-order valence-corrected chi connectivity index (χ3v) is 5.58. The second-order valence-corrected chi connectivity index (χ2v) is 7.13. The Kier molecular flexibility index (Phi) is 9.53. The number of hydrogen-bond acceptors (Lipinski definition) is 4. The SMILES string of the molecule is COCCOCCCCNCc1cc(Br)c(Br)s1. The number of thiophene rings is 1. The van der Waals surface area contributed by atoms with E-state index in [0.717, 1.165) is 40.8 Å². The van der Waals surface area contributed by atoms with Crippen LogP contribution in [-0.2, 0) is 16.0 Å². The van der Waals surface area contributed by atoms with Crippen LogP contribution in [0.15, 0.2) is 14.3 Å². The molecule has 0 amide bonds. The first-order valence-electron chi connectivity index (χ1n) is 5.95. The highest BCUT2D eigenvalue weighted by Gasteiger charge is 2.03. The number of hydrogen-bond donors (Lipinski definition) is 1. The van der Waals surface area contributed by atoms with Gasteiger partial charge in [-0.25, -0.2) is 0 Å². The van der Waals surface area contributed by atoms with Crippen molar-refractivity contribution in [3.63, 3.8) is 0 Å². The summed E-state index contributed by atoms with van der Waals surface area (Å²) in [5.74, 6) is 0. The van der Waals surface area contributed by atoms with Crippen LogP contribution >= 0.6 is 43.2 Å². The van der Waals surface area contributed by atoms with Crippen LogP contribution in [0.25, 0.3) is 0 Å². The molecule has 0 aliphatic heterocycles. The summed E-state index contributed by atoms with van der Waals surface area (Å²) in [4.78, 5) is 1.34. The van der Waals surface area contributed by atoms with E-state index in [9.17, 15) is 0 Å². The summed E-state index contributed by atoms with van der Waals surface area (Å²) in [6.07, 6.45) is 2.23. The molecule has 0 fully saturated rings. The Balaban J connectivity index is 1.92. The van der Waals surface area contributed by atoms with Crippen molar-refractivity contribution in [3.05, 3.63) is 19.2 Å². The van der Waals surface area contributed by atoms with Gasteiger partial charge in [-0.15, -0.1) is 11.3 Å². The van der Waals surface area contributed by atoms with E-state index in [4.69, 9.17) is 9.47 Å². The van der Waals surface area contributed by atoms with Gasteiger partial charge >= 0.3 is 0 Å². The van der Waals surface area contributed by atoms with Crippen molar-refractivity contribution in [1.82, 2.24) is 5.32 Å². The molecule has 1 heterocycles. The average Bonchev–Trinajstić information content (AvgIpc) is 2.67. The van der Waals surface area contributed by atoms with Crippen LogP contribution in [0, 0.1) is 0 Å². The number of halogens is 2. The zero-order chi connectivity index (χ0) is 13.2. The van der Waals surface area contributed by atoms with E-state index in [0.29, 0.717) is 13.2 Å². The molecule has 0 aromatic carbocycles. The van der Waals surface area contributed by atoms with Crippen molar-refractivity contribution in [2.75, 3.05) is 33.5 Å². The minimum atomic E-state index is 0.681. The lowest BCUT2D eigenvalue weighted by atomic mass is 10.3. The summed E-state index contributed by atoms with van der Waals surface area (Å²) >= 11 is 8.75. The Morgan fingerprint density at radius 1 is 1.22 bits per heavy atom. The van der Waals surface area contributed by atoms with Crippen molar-refractivity contribution >= 4 is 43.2 Å². The van der Waals surface area contributed by atoms with Gasteiger partial charge in [-0.1, -0.05) is 0 Å². The average molecular weight is 401 g/mol. The molecule has 1 rings (SSSR count). The maximum atomic E-state index is 5.39. The molecule has 1 aromatic heterocycles. The largest absolute Gasteiger partial charge is 0.382 e. The Hall–Kier alpha value is 0.540. The molecule has 0 bridgehead atoms. The van der Waals surface area contributed by atoms with Crippen molar-refractivity contribution < 1.29 is 9.47 Å². The maximum absolute atomic E-state index is 5.39. The van der Waals surface area contributed by atoms with Gasteiger partial charge in [0.15, 0.2) is 0 Å². The van der Waals surface area contributed by atoms with Gasteiger partial charge in [0.1, 0.15) is 0 Å². The molecule has 3 nitrogen and oxygen atoms in total. The highest BCUT2D eigenvalue weighted by molar-refractivity contribution is 9.13. The van der Waals surface area contributed by atoms with Crippen LogP contribution in [0.3, 0.4) is 0 Å². The first kappa shape index (κ1) is 16.6. The maximum Gasteiger partial charge on any atom is 0.0843 e. The molecule has 0 saturated heterocycles. The first-order valence-corrected chi connectivity index (χ1v) is 8.35. The summed E-state index contributed by atoms with van der Waals surface area (Å²) in [6.45, 7) is 4.16. The second kappa shape index (κ2) is 10.3.